The van der Waals surface area contributed by atoms with E-state index in [1.165, 1.54) is 5.01 Å². The molecule has 158 valence electrons. The van der Waals surface area contributed by atoms with Crippen LogP contribution >= 0.6 is 0 Å². The van der Waals surface area contributed by atoms with Crippen LogP contribution in [0.1, 0.15) is 22.1 Å². The second-order valence-corrected chi connectivity index (χ2v) is 7.48. The van der Waals surface area contributed by atoms with Crippen LogP contribution in [0.3, 0.4) is 0 Å². The van der Waals surface area contributed by atoms with Crippen molar-refractivity contribution in [3.63, 3.8) is 0 Å². The predicted octanol–water partition coefficient (Wildman–Crippen LogP) is 4.52. The number of hydrogen-bond donors (Lipinski definition) is 2. The number of hydrogen-bond acceptors (Lipinski definition) is 4. The van der Waals surface area contributed by atoms with Crippen LogP contribution in [0.15, 0.2) is 97.1 Å². The van der Waals surface area contributed by atoms with E-state index in [1.54, 1.807) is 12.1 Å². The molecule has 5 rings (SSSR count). The summed E-state index contributed by atoms with van der Waals surface area (Å²) >= 11 is 0. The Balaban J connectivity index is 1.37. The largest absolute Gasteiger partial charge is 0.483 e. The molecule has 32 heavy (non-hydrogen) atoms. The number of fused-ring (bicyclic) bond motifs is 2. The van der Waals surface area contributed by atoms with Gasteiger partial charge in [0.15, 0.2) is 6.61 Å². The molecule has 2 amide bonds. The minimum absolute atomic E-state index is 0.221. The number of benzene rings is 4. The van der Waals surface area contributed by atoms with Crippen molar-refractivity contribution in [3.05, 3.63) is 108 Å². The van der Waals surface area contributed by atoms with Gasteiger partial charge in [-0.25, -0.2) is 5.01 Å². The van der Waals surface area contributed by atoms with Crippen LogP contribution in [0, 0.1) is 0 Å². The van der Waals surface area contributed by atoms with E-state index in [4.69, 9.17) is 4.74 Å². The van der Waals surface area contributed by atoms with Gasteiger partial charge in [-0.3, -0.25) is 15.0 Å². The lowest BCUT2D eigenvalue weighted by Crippen LogP contribution is -2.53. The average Bonchev–Trinajstić information content (AvgIpc) is 2.85. The van der Waals surface area contributed by atoms with E-state index >= 15 is 0 Å². The number of carbonyl (C=O) groups is 2. The summed E-state index contributed by atoms with van der Waals surface area (Å²) in [6, 6.07) is 30.3. The van der Waals surface area contributed by atoms with Gasteiger partial charge in [-0.1, -0.05) is 78.9 Å². The second kappa shape index (κ2) is 8.43. The van der Waals surface area contributed by atoms with Crippen LogP contribution in [0.5, 0.6) is 5.75 Å². The first-order chi connectivity index (χ1) is 15.7. The first kappa shape index (κ1) is 19.6. The molecule has 0 fully saturated rings. The highest BCUT2D eigenvalue weighted by Gasteiger charge is 2.34. The number of amides is 2. The highest BCUT2D eigenvalue weighted by atomic mass is 16.5. The molecule has 4 aromatic rings. The summed E-state index contributed by atoms with van der Waals surface area (Å²) in [7, 11) is 0. The van der Waals surface area contributed by atoms with Crippen LogP contribution in [0.2, 0.25) is 0 Å². The molecule has 0 radical (unpaired) electrons. The van der Waals surface area contributed by atoms with Crippen molar-refractivity contribution in [3.8, 4) is 5.75 Å². The van der Waals surface area contributed by atoms with E-state index in [2.05, 4.69) is 10.7 Å². The summed E-state index contributed by atoms with van der Waals surface area (Å²) in [5, 5.41) is 6.63. The zero-order valence-electron chi connectivity index (χ0n) is 17.2. The van der Waals surface area contributed by atoms with Crippen molar-refractivity contribution in [2.24, 2.45) is 0 Å². The minimum Gasteiger partial charge on any atom is -0.483 e. The van der Waals surface area contributed by atoms with Gasteiger partial charge in [0.25, 0.3) is 11.8 Å². The Bertz CT molecular complexity index is 1280. The molecular formula is C26H21N3O3. The molecule has 0 saturated carbocycles. The topological polar surface area (TPSA) is 70.7 Å². The molecule has 1 aliphatic rings. The number of rotatable bonds is 5. The summed E-state index contributed by atoms with van der Waals surface area (Å²) in [5.41, 5.74) is 4.81. The molecule has 1 aliphatic heterocycles. The molecule has 0 bridgehead atoms. The fraction of sp³-hybridized carbons (Fsp3) is 0.0769. The van der Waals surface area contributed by atoms with E-state index in [0.717, 1.165) is 22.0 Å². The molecule has 4 aromatic carbocycles. The maximum Gasteiger partial charge on any atom is 0.276 e. The van der Waals surface area contributed by atoms with E-state index in [0.29, 0.717) is 11.3 Å². The van der Waals surface area contributed by atoms with Crippen molar-refractivity contribution < 1.29 is 14.3 Å². The highest BCUT2D eigenvalue weighted by Crippen LogP contribution is 2.31. The summed E-state index contributed by atoms with van der Waals surface area (Å²) < 4.78 is 5.80. The molecule has 1 atom stereocenters. The normalized spacial score (nSPS) is 15.1. The molecule has 1 heterocycles. The van der Waals surface area contributed by atoms with Gasteiger partial charge < -0.3 is 10.1 Å². The van der Waals surface area contributed by atoms with Crippen molar-refractivity contribution in [2.75, 3.05) is 11.9 Å². The van der Waals surface area contributed by atoms with Crippen LogP contribution in [-0.2, 0) is 4.79 Å². The Labute approximate surface area is 185 Å². The number of anilines is 1. The van der Waals surface area contributed by atoms with Crippen molar-refractivity contribution >= 4 is 28.3 Å². The SMILES string of the molecule is O=C(COc1cccc2ccccc12)NN1C(=O)c2ccccc2NC1c1ccccc1. The predicted molar refractivity (Wildman–Crippen MR) is 123 cm³/mol. The molecule has 6 heteroatoms. The molecule has 0 aliphatic carbocycles. The van der Waals surface area contributed by atoms with E-state index in [1.807, 2.05) is 84.9 Å². The lowest BCUT2D eigenvalue weighted by Gasteiger charge is -2.37. The molecular weight excluding hydrogens is 402 g/mol. The monoisotopic (exact) mass is 423 g/mol. The molecule has 0 aromatic heterocycles. The lowest BCUT2D eigenvalue weighted by molar-refractivity contribution is -0.127. The summed E-state index contributed by atoms with van der Waals surface area (Å²) in [6.07, 6.45) is -0.542. The number of carbonyl (C=O) groups excluding carboxylic acids is 2. The smallest absolute Gasteiger partial charge is 0.276 e. The van der Waals surface area contributed by atoms with Crippen molar-refractivity contribution in [1.29, 1.82) is 0 Å². The number of ether oxygens (including phenoxy) is 1. The Morgan fingerprint density at radius 1 is 0.875 bits per heavy atom. The molecule has 6 nitrogen and oxygen atoms in total. The third-order valence-electron chi connectivity index (χ3n) is 5.40. The standard InChI is InChI=1S/C26H21N3O3/c30-24(17-32-23-16-8-12-18-9-4-5-13-20(18)23)28-29-25(19-10-2-1-3-11-19)27-22-15-7-6-14-21(22)26(29)31/h1-16,25,27H,17H2,(H,28,30). The summed E-state index contributed by atoms with van der Waals surface area (Å²) in [5.74, 6) is -0.0913. The first-order valence-corrected chi connectivity index (χ1v) is 10.3. The molecule has 1 unspecified atom stereocenters. The van der Waals surface area contributed by atoms with Gasteiger partial charge >= 0.3 is 0 Å². The Morgan fingerprint density at radius 2 is 1.59 bits per heavy atom. The van der Waals surface area contributed by atoms with Crippen LogP contribution < -0.4 is 15.5 Å². The third-order valence-corrected chi connectivity index (χ3v) is 5.40. The second-order valence-electron chi connectivity index (χ2n) is 7.48. The van der Waals surface area contributed by atoms with E-state index < -0.39 is 12.1 Å². The van der Waals surface area contributed by atoms with Crippen LogP contribution in [-0.4, -0.2) is 23.4 Å². The van der Waals surface area contributed by atoms with E-state index in [-0.39, 0.29) is 12.5 Å². The van der Waals surface area contributed by atoms with Gasteiger partial charge in [0.2, 0.25) is 0 Å². The fourth-order valence-electron chi connectivity index (χ4n) is 3.87. The maximum absolute atomic E-state index is 13.2. The summed E-state index contributed by atoms with van der Waals surface area (Å²) in [6.45, 7) is -0.221. The quantitative estimate of drug-likeness (QED) is 0.495. The van der Waals surface area contributed by atoms with Gasteiger partial charge in [0.05, 0.1) is 5.56 Å². The van der Waals surface area contributed by atoms with Crippen LogP contribution in [0.25, 0.3) is 10.8 Å². The van der Waals surface area contributed by atoms with Crippen molar-refractivity contribution in [1.82, 2.24) is 10.4 Å². The third kappa shape index (κ3) is 3.74. The van der Waals surface area contributed by atoms with Gasteiger partial charge in [0, 0.05) is 11.1 Å². The number of para-hydroxylation sites is 1. The van der Waals surface area contributed by atoms with E-state index in [9.17, 15) is 9.59 Å². The maximum atomic E-state index is 13.2. The van der Waals surface area contributed by atoms with Gasteiger partial charge in [-0.05, 0) is 29.1 Å². The Morgan fingerprint density at radius 3 is 2.47 bits per heavy atom. The number of nitrogens with zero attached hydrogens (tertiary/aromatic N) is 1. The highest BCUT2D eigenvalue weighted by molar-refractivity contribution is 6.02. The fourth-order valence-corrected chi connectivity index (χ4v) is 3.87. The zero-order valence-corrected chi connectivity index (χ0v) is 17.2. The van der Waals surface area contributed by atoms with Gasteiger partial charge in [-0.2, -0.15) is 0 Å². The lowest BCUT2D eigenvalue weighted by atomic mass is 10.1. The minimum atomic E-state index is -0.542. The Hall–Kier alpha value is -4.32. The molecule has 0 spiro atoms. The Kier molecular flexibility index (Phi) is 5.17. The summed E-state index contributed by atoms with van der Waals surface area (Å²) in [4.78, 5) is 26.0. The van der Waals surface area contributed by atoms with Crippen molar-refractivity contribution in [2.45, 2.75) is 6.17 Å². The first-order valence-electron chi connectivity index (χ1n) is 10.3. The molecule has 0 saturated heterocycles. The average molecular weight is 423 g/mol. The molecule has 2 N–H and O–H groups in total. The van der Waals surface area contributed by atoms with Crippen LogP contribution in [0.4, 0.5) is 5.69 Å². The number of hydrazine groups is 1. The van der Waals surface area contributed by atoms with Gasteiger partial charge in [-0.15, -0.1) is 0 Å². The number of nitrogens with one attached hydrogen (secondary N) is 2. The zero-order chi connectivity index (χ0) is 21.9. The van der Waals surface area contributed by atoms with Gasteiger partial charge in [0.1, 0.15) is 11.9 Å².